The van der Waals surface area contributed by atoms with Gasteiger partial charge >= 0.3 is 0 Å². The van der Waals surface area contributed by atoms with Crippen molar-refractivity contribution >= 4 is 18.1 Å². The van der Waals surface area contributed by atoms with Gasteiger partial charge in [0.2, 0.25) is 0 Å². The molecule has 0 amide bonds. The summed E-state index contributed by atoms with van der Waals surface area (Å²) in [5.41, 5.74) is 6.98. The SMILES string of the molecule is Cl.NCCCCC/C(=N\O)c1cccnc1. The molecule has 0 unspecified atom stereocenters. The number of aromatic nitrogens is 1. The van der Waals surface area contributed by atoms with Gasteiger partial charge in [0.1, 0.15) is 0 Å². The van der Waals surface area contributed by atoms with E-state index in [1.54, 1.807) is 12.4 Å². The lowest BCUT2D eigenvalue weighted by Crippen LogP contribution is -2.03. The third-order valence-electron chi connectivity index (χ3n) is 2.23. The first-order valence-corrected chi connectivity index (χ1v) is 5.20. The van der Waals surface area contributed by atoms with E-state index in [9.17, 15) is 0 Å². The van der Waals surface area contributed by atoms with E-state index in [1.807, 2.05) is 12.1 Å². The molecule has 3 N–H and O–H groups in total. The van der Waals surface area contributed by atoms with E-state index < -0.39 is 0 Å². The summed E-state index contributed by atoms with van der Waals surface area (Å²) in [7, 11) is 0. The normalized spacial score (nSPS) is 10.9. The van der Waals surface area contributed by atoms with Crippen LogP contribution in [0.15, 0.2) is 29.7 Å². The van der Waals surface area contributed by atoms with E-state index in [-0.39, 0.29) is 12.4 Å². The molecule has 4 nitrogen and oxygen atoms in total. The summed E-state index contributed by atoms with van der Waals surface area (Å²) < 4.78 is 0. The smallest absolute Gasteiger partial charge is 0.0883 e. The highest BCUT2D eigenvalue weighted by atomic mass is 35.5. The van der Waals surface area contributed by atoms with Crippen LogP contribution in [0.4, 0.5) is 0 Å². The van der Waals surface area contributed by atoms with Crippen LogP contribution in [-0.2, 0) is 0 Å². The largest absolute Gasteiger partial charge is 0.411 e. The standard InChI is InChI=1S/C11H17N3O.ClH/c12-7-3-1-2-6-11(14-15)10-5-4-8-13-9-10;/h4-5,8-9,15H,1-3,6-7,12H2;1H/b14-11+;. The maximum Gasteiger partial charge on any atom is 0.0883 e. The number of nitrogens with two attached hydrogens (primary N) is 1. The first kappa shape index (κ1) is 14.9. The molecule has 1 rings (SSSR count). The number of hydrogen-bond donors (Lipinski definition) is 2. The number of oxime groups is 1. The number of hydrogen-bond acceptors (Lipinski definition) is 4. The van der Waals surface area contributed by atoms with Crippen LogP contribution >= 0.6 is 12.4 Å². The molecule has 16 heavy (non-hydrogen) atoms. The highest BCUT2D eigenvalue weighted by Gasteiger charge is 2.03. The Morgan fingerprint density at radius 1 is 1.38 bits per heavy atom. The summed E-state index contributed by atoms with van der Waals surface area (Å²) in [6, 6.07) is 3.73. The van der Waals surface area contributed by atoms with E-state index in [1.165, 1.54) is 0 Å². The summed E-state index contributed by atoms with van der Waals surface area (Å²) in [4.78, 5) is 3.99. The Morgan fingerprint density at radius 3 is 2.75 bits per heavy atom. The quantitative estimate of drug-likeness (QED) is 0.348. The van der Waals surface area contributed by atoms with Gasteiger partial charge < -0.3 is 10.9 Å². The molecule has 0 radical (unpaired) electrons. The Labute approximate surface area is 102 Å². The number of unbranched alkanes of at least 4 members (excludes halogenated alkanes) is 2. The van der Waals surface area contributed by atoms with Gasteiger partial charge in [0, 0.05) is 18.0 Å². The molecule has 0 saturated heterocycles. The fourth-order valence-corrected chi connectivity index (χ4v) is 1.40. The second kappa shape index (κ2) is 9.12. The fraction of sp³-hybridized carbons (Fsp3) is 0.455. The second-order valence-electron chi connectivity index (χ2n) is 3.39. The third-order valence-corrected chi connectivity index (χ3v) is 2.23. The summed E-state index contributed by atoms with van der Waals surface area (Å²) in [6.45, 7) is 0.721. The van der Waals surface area contributed by atoms with Crippen LogP contribution < -0.4 is 5.73 Å². The lowest BCUT2D eigenvalue weighted by molar-refractivity contribution is 0.317. The summed E-state index contributed by atoms with van der Waals surface area (Å²) in [5.74, 6) is 0. The van der Waals surface area contributed by atoms with Gasteiger partial charge in [-0.15, -0.1) is 12.4 Å². The van der Waals surface area contributed by atoms with Crippen LogP contribution in [0.5, 0.6) is 0 Å². The summed E-state index contributed by atoms with van der Waals surface area (Å²) in [5, 5.41) is 12.2. The molecule has 0 aliphatic rings. The van der Waals surface area contributed by atoms with Gasteiger partial charge in [-0.1, -0.05) is 11.6 Å². The van der Waals surface area contributed by atoms with Crippen molar-refractivity contribution in [1.29, 1.82) is 0 Å². The molecule has 0 saturated carbocycles. The van der Waals surface area contributed by atoms with Crippen molar-refractivity contribution in [2.24, 2.45) is 10.9 Å². The van der Waals surface area contributed by atoms with Gasteiger partial charge in [0.15, 0.2) is 0 Å². The maximum absolute atomic E-state index is 8.87. The van der Waals surface area contributed by atoms with Crippen molar-refractivity contribution in [1.82, 2.24) is 4.98 Å². The molecule has 0 fully saturated rings. The van der Waals surface area contributed by atoms with E-state index in [0.29, 0.717) is 5.71 Å². The van der Waals surface area contributed by atoms with Crippen molar-refractivity contribution in [2.45, 2.75) is 25.7 Å². The Balaban J connectivity index is 0.00000225. The summed E-state index contributed by atoms with van der Waals surface area (Å²) in [6.07, 6.45) is 7.25. The lowest BCUT2D eigenvalue weighted by Gasteiger charge is -2.03. The lowest BCUT2D eigenvalue weighted by atomic mass is 10.1. The van der Waals surface area contributed by atoms with Gasteiger partial charge in [0.05, 0.1) is 5.71 Å². The van der Waals surface area contributed by atoms with E-state index in [4.69, 9.17) is 10.9 Å². The molecule has 90 valence electrons. The summed E-state index contributed by atoms with van der Waals surface area (Å²) >= 11 is 0. The molecule has 0 aromatic carbocycles. The molecular formula is C11H18ClN3O. The van der Waals surface area contributed by atoms with Crippen LogP contribution in [0.1, 0.15) is 31.2 Å². The highest BCUT2D eigenvalue weighted by Crippen LogP contribution is 2.07. The Hall–Kier alpha value is -1.13. The van der Waals surface area contributed by atoms with E-state index >= 15 is 0 Å². The van der Waals surface area contributed by atoms with E-state index in [2.05, 4.69) is 10.1 Å². The van der Waals surface area contributed by atoms with Gasteiger partial charge in [-0.05, 0) is 37.9 Å². The molecule has 0 bridgehead atoms. The van der Waals surface area contributed by atoms with Gasteiger partial charge in [0.25, 0.3) is 0 Å². The molecule has 1 aromatic heterocycles. The molecule has 0 aliphatic heterocycles. The molecule has 1 heterocycles. The van der Waals surface area contributed by atoms with Crippen molar-refractivity contribution in [3.8, 4) is 0 Å². The molecule has 0 spiro atoms. The zero-order chi connectivity index (χ0) is 10.9. The average molecular weight is 244 g/mol. The molecule has 0 aliphatic carbocycles. The zero-order valence-electron chi connectivity index (χ0n) is 9.17. The van der Waals surface area contributed by atoms with Gasteiger partial charge in [-0.3, -0.25) is 4.98 Å². The predicted molar refractivity (Wildman–Crippen MR) is 67.3 cm³/mol. The van der Waals surface area contributed by atoms with Gasteiger partial charge in [-0.2, -0.15) is 0 Å². The Kier molecular flexibility index (Phi) is 8.48. The Bertz CT molecular complexity index is 303. The monoisotopic (exact) mass is 243 g/mol. The molecule has 0 atom stereocenters. The minimum absolute atomic E-state index is 0. The number of nitrogens with zero attached hydrogens (tertiary/aromatic N) is 2. The first-order chi connectivity index (χ1) is 7.38. The van der Waals surface area contributed by atoms with Gasteiger partial charge in [-0.25, -0.2) is 0 Å². The topological polar surface area (TPSA) is 71.5 Å². The fourth-order valence-electron chi connectivity index (χ4n) is 1.40. The number of halogens is 1. The highest BCUT2D eigenvalue weighted by molar-refractivity contribution is 5.99. The maximum atomic E-state index is 8.87. The third kappa shape index (κ3) is 5.09. The van der Waals surface area contributed by atoms with Crippen molar-refractivity contribution in [3.05, 3.63) is 30.1 Å². The molecule has 5 heteroatoms. The van der Waals surface area contributed by atoms with Crippen LogP contribution in [0.2, 0.25) is 0 Å². The number of pyridine rings is 1. The second-order valence-corrected chi connectivity index (χ2v) is 3.39. The minimum atomic E-state index is 0. The van der Waals surface area contributed by atoms with E-state index in [0.717, 1.165) is 37.8 Å². The van der Waals surface area contributed by atoms with Crippen molar-refractivity contribution < 1.29 is 5.21 Å². The number of rotatable bonds is 6. The Morgan fingerprint density at radius 2 is 2.19 bits per heavy atom. The van der Waals surface area contributed by atoms with Crippen LogP contribution in [0, 0.1) is 0 Å². The molecular weight excluding hydrogens is 226 g/mol. The van der Waals surface area contributed by atoms with Crippen LogP contribution in [0.25, 0.3) is 0 Å². The van der Waals surface area contributed by atoms with Crippen LogP contribution in [0.3, 0.4) is 0 Å². The zero-order valence-corrected chi connectivity index (χ0v) is 9.99. The predicted octanol–water partition coefficient (Wildman–Crippen LogP) is 2.20. The average Bonchev–Trinajstić information content (AvgIpc) is 2.30. The minimum Gasteiger partial charge on any atom is -0.411 e. The first-order valence-electron chi connectivity index (χ1n) is 5.20. The van der Waals surface area contributed by atoms with Crippen molar-refractivity contribution in [2.75, 3.05) is 6.54 Å². The van der Waals surface area contributed by atoms with Crippen molar-refractivity contribution in [3.63, 3.8) is 0 Å². The molecule has 1 aromatic rings. The van der Waals surface area contributed by atoms with Crippen LogP contribution in [-0.4, -0.2) is 22.4 Å².